The third-order valence-corrected chi connectivity index (χ3v) is 8.35. The van der Waals surface area contributed by atoms with E-state index in [1.165, 1.54) is 12.8 Å². The van der Waals surface area contributed by atoms with E-state index in [2.05, 4.69) is 20.0 Å². The summed E-state index contributed by atoms with van der Waals surface area (Å²) in [5.41, 5.74) is 2.39. The predicted molar refractivity (Wildman–Crippen MR) is 125 cm³/mol. The number of benzene rings is 1. The highest BCUT2D eigenvalue weighted by molar-refractivity contribution is 5.93. The van der Waals surface area contributed by atoms with Gasteiger partial charge in [-0.1, -0.05) is 30.3 Å². The second kappa shape index (κ2) is 8.60. The zero-order valence-electron chi connectivity index (χ0n) is 19.2. The first kappa shape index (κ1) is 20.9. The molecule has 7 nitrogen and oxygen atoms in total. The molecule has 4 aliphatic heterocycles. The van der Waals surface area contributed by atoms with Gasteiger partial charge >= 0.3 is 0 Å². The molecule has 1 aromatic carbocycles. The Hall–Kier alpha value is -2.67. The lowest BCUT2D eigenvalue weighted by atomic mass is 9.75. The maximum atomic E-state index is 13.1. The highest BCUT2D eigenvalue weighted by atomic mass is 16.2. The van der Waals surface area contributed by atoms with Crippen molar-refractivity contribution in [3.63, 3.8) is 0 Å². The number of H-pyrrole nitrogens is 1. The Labute approximate surface area is 195 Å². The first-order valence-corrected chi connectivity index (χ1v) is 12.6. The summed E-state index contributed by atoms with van der Waals surface area (Å²) in [4.78, 5) is 32.4. The van der Waals surface area contributed by atoms with Crippen LogP contribution in [-0.4, -0.2) is 81.5 Å². The molecule has 0 radical (unpaired) electrons. The molecule has 6 rings (SSSR count). The molecule has 3 atom stereocenters. The molecule has 7 heteroatoms. The third-order valence-electron chi connectivity index (χ3n) is 8.35. The largest absolute Gasteiger partial charge is 0.339 e. The van der Waals surface area contributed by atoms with Crippen LogP contribution in [0.5, 0.6) is 0 Å². The Bertz CT molecular complexity index is 1010. The Morgan fingerprint density at radius 1 is 1.03 bits per heavy atom. The van der Waals surface area contributed by atoms with Crippen molar-refractivity contribution in [1.82, 2.24) is 24.9 Å². The molecule has 4 fully saturated rings. The molecule has 174 valence electrons. The fourth-order valence-corrected chi connectivity index (χ4v) is 6.74. The average Bonchev–Trinajstić information content (AvgIpc) is 3.35. The van der Waals surface area contributed by atoms with Crippen molar-refractivity contribution in [2.75, 3.05) is 32.7 Å². The van der Waals surface area contributed by atoms with E-state index in [0.717, 1.165) is 69.7 Å². The minimum atomic E-state index is 0.0509. The number of aromatic nitrogens is 2. The minimum Gasteiger partial charge on any atom is -0.339 e. The lowest BCUT2D eigenvalue weighted by Crippen LogP contribution is -2.62. The van der Waals surface area contributed by atoms with Crippen molar-refractivity contribution in [1.29, 1.82) is 0 Å². The maximum Gasteiger partial charge on any atom is 0.271 e. The molecular weight excluding hydrogens is 414 g/mol. The molecular formula is C26H33N5O2. The van der Waals surface area contributed by atoms with Gasteiger partial charge in [-0.05, 0) is 50.0 Å². The fourth-order valence-electron chi connectivity index (χ4n) is 6.74. The molecule has 2 bridgehead atoms. The Balaban J connectivity index is 1.06. The molecule has 2 aromatic rings. The number of likely N-dealkylation sites (tertiary alicyclic amines) is 2. The highest BCUT2D eigenvalue weighted by Crippen LogP contribution is 2.39. The summed E-state index contributed by atoms with van der Waals surface area (Å²) in [6.45, 7) is 4.76. The predicted octanol–water partition coefficient (Wildman–Crippen LogP) is 3.01. The molecule has 2 amide bonds. The van der Waals surface area contributed by atoms with Gasteiger partial charge in [0.05, 0.1) is 5.69 Å². The molecule has 0 aliphatic carbocycles. The Morgan fingerprint density at radius 3 is 2.67 bits per heavy atom. The van der Waals surface area contributed by atoms with Gasteiger partial charge in [-0.25, -0.2) is 0 Å². The summed E-state index contributed by atoms with van der Waals surface area (Å²) in [7, 11) is 0. The van der Waals surface area contributed by atoms with Crippen molar-refractivity contribution >= 4 is 11.8 Å². The number of aromatic amines is 1. The van der Waals surface area contributed by atoms with Crippen molar-refractivity contribution in [2.24, 2.45) is 11.8 Å². The highest BCUT2D eigenvalue weighted by Gasteiger charge is 2.45. The number of nitrogens with zero attached hydrogens (tertiary/aromatic N) is 4. The lowest BCUT2D eigenvalue weighted by molar-refractivity contribution is -0.145. The van der Waals surface area contributed by atoms with Crippen LogP contribution >= 0.6 is 0 Å². The molecule has 1 N–H and O–H groups in total. The number of rotatable bonds is 3. The second-order valence-electron chi connectivity index (χ2n) is 10.4. The van der Waals surface area contributed by atoms with Crippen LogP contribution in [0.3, 0.4) is 0 Å². The second-order valence-corrected chi connectivity index (χ2v) is 10.4. The number of fused-ring (bicyclic) bond motifs is 4. The summed E-state index contributed by atoms with van der Waals surface area (Å²) >= 11 is 0. The van der Waals surface area contributed by atoms with Crippen molar-refractivity contribution < 1.29 is 9.59 Å². The quantitative estimate of drug-likeness (QED) is 0.785. The minimum absolute atomic E-state index is 0.0509. The molecule has 4 aliphatic rings. The van der Waals surface area contributed by atoms with E-state index in [4.69, 9.17) is 0 Å². The summed E-state index contributed by atoms with van der Waals surface area (Å²) < 4.78 is 0. The molecule has 33 heavy (non-hydrogen) atoms. The van der Waals surface area contributed by atoms with Gasteiger partial charge in [-0.2, -0.15) is 5.10 Å². The smallest absolute Gasteiger partial charge is 0.271 e. The molecule has 1 aromatic heterocycles. The van der Waals surface area contributed by atoms with Crippen molar-refractivity contribution in [2.45, 2.75) is 50.6 Å². The maximum absolute atomic E-state index is 13.1. The van der Waals surface area contributed by atoms with Gasteiger partial charge in [0.25, 0.3) is 5.91 Å². The summed E-state index contributed by atoms with van der Waals surface area (Å²) in [6.07, 6.45) is 6.32. The topological polar surface area (TPSA) is 72.5 Å². The van der Waals surface area contributed by atoms with Crippen LogP contribution in [0.2, 0.25) is 0 Å². The molecule has 0 spiro atoms. The average molecular weight is 448 g/mol. The van der Waals surface area contributed by atoms with Gasteiger partial charge < -0.3 is 9.80 Å². The van der Waals surface area contributed by atoms with Gasteiger partial charge in [0.1, 0.15) is 5.69 Å². The van der Waals surface area contributed by atoms with Crippen molar-refractivity contribution in [3.05, 3.63) is 42.1 Å². The van der Waals surface area contributed by atoms with Crippen LogP contribution in [0.15, 0.2) is 36.4 Å². The number of hydrogen-bond acceptors (Lipinski definition) is 4. The number of carbonyl (C=O) groups excluding carboxylic acids is 2. The molecule has 0 saturated carbocycles. The SMILES string of the molecule is O=C(c1cc(-c2ccccc2)n[nH]1)N1CCC(N2CC3CC(C2)[C@H]2CCCC(=O)N2C3)CC1. The Kier molecular flexibility index (Phi) is 5.45. The van der Waals surface area contributed by atoms with Gasteiger partial charge in [-0.15, -0.1) is 0 Å². The zero-order valence-corrected chi connectivity index (χ0v) is 19.2. The zero-order chi connectivity index (χ0) is 22.4. The Morgan fingerprint density at radius 2 is 1.85 bits per heavy atom. The van der Waals surface area contributed by atoms with E-state index in [1.807, 2.05) is 41.3 Å². The van der Waals surface area contributed by atoms with Crippen LogP contribution in [0, 0.1) is 11.8 Å². The number of carbonyl (C=O) groups is 2. The van der Waals surface area contributed by atoms with E-state index in [9.17, 15) is 9.59 Å². The molecule has 4 saturated heterocycles. The first-order chi connectivity index (χ1) is 16.2. The van der Waals surface area contributed by atoms with Gasteiger partial charge in [0.2, 0.25) is 5.91 Å². The van der Waals surface area contributed by atoms with Crippen molar-refractivity contribution in [3.8, 4) is 11.3 Å². The van der Waals surface area contributed by atoms with Gasteiger partial charge in [0.15, 0.2) is 0 Å². The first-order valence-electron chi connectivity index (χ1n) is 12.6. The number of hydrogen-bond donors (Lipinski definition) is 1. The standard InChI is InChI=1S/C26H33N5O2/c32-25-8-4-7-24-20-13-18(16-31(24)25)15-30(17-20)21-9-11-29(12-10-21)26(33)23-14-22(27-28-23)19-5-2-1-3-6-19/h1-3,5-6,14,18,20-21,24H,4,7-13,15-17H2,(H,27,28)/t18?,20?,24-/m1/s1. The molecule has 5 heterocycles. The monoisotopic (exact) mass is 447 g/mol. The van der Waals surface area contributed by atoms with E-state index in [1.54, 1.807) is 0 Å². The van der Waals surface area contributed by atoms with E-state index in [-0.39, 0.29) is 5.91 Å². The number of amides is 2. The van der Waals surface area contributed by atoms with Crippen LogP contribution < -0.4 is 0 Å². The van der Waals surface area contributed by atoms with Crippen LogP contribution in [-0.2, 0) is 4.79 Å². The van der Waals surface area contributed by atoms with E-state index >= 15 is 0 Å². The molecule has 2 unspecified atom stereocenters. The van der Waals surface area contributed by atoms with E-state index in [0.29, 0.717) is 35.5 Å². The lowest BCUT2D eigenvalue weighted by Gasteiger charge is -2.54. The van der Waals surface area contributed by atoms with Crippen LogP contribution in [0.4, 0.5) is 0 Å². The number of piperidine rings is 4. The van der Waals surface area contributed by atoms with Crippen LogP contribution in [0.1, 0.15) is 49.0 Å². The summed E-state index contributed by atoms with van der Waals surface area (Å²) in [5.74, 6) is 1.68. The van der Waals surface area contributed by atoms with E-state index < -0.39 is 0 Å². The van der Waals surface area contributed by atoms with Crippen LogP contribution in [0.25, 0.3) is 11.3 Å². The normalized spacial score (nSPS) is 28.6. The number of nitrogens with one attached hydrogen (secondary N) is 1. The third kappa shape index (κ3) is 3.97. The summed E-state index contributed by atoms with van der Waals surface area (Å²) in [6, 6.07) is 12.8. The van der Waals surface area contributed by atoms with Gasteiger partial charge in [0, 0.05) is 56.8 Å². The van der Waals surface area contributed by atoms with Gasteiger partial charge in [-0.3, -0.25) is 19.6 Å². The fraction of sp³-hybridized carbons (Fsp3) is 0.577. The summed E-state index contributed by atoms with van der Waals surface area (Å²) in [5, 5.41) is 7.30.